The lowest BCUT2D eigenvalue weighted by atomic mass is 10.1. The third kappa shape index (κ3) is 4.73. The molecule has 3 rings (SSSR count). The van der Waals surface area contributed by atoms with Crippen molar-refractivity contribution in [3.8, 4) is 0 Å². The van der Waals surface area contributed by atoms with Crippen LogP contribution in [0.25, 0.3) is 0 Å². The van der Waals surface area contributed by atoms with Gasteiger partial charge in [0.1, 0.15) is 0 Å². The lowest BCUT2D eigenvalue weighted by Gasteiger charge is -2.33. The summed E-state index contributed by atoms with van der Waals surface area (Å²) >= 11 is 0. The average molecular weight is 339 g/mol. The first-order valence-electron chi connectivity index (χ1n) is 8.66. The van der Waals surface area contributed by atoms with Gasteiger partial charge in [0.05, 0.1) is 6.10 Å². The van der Waals surface area contributed by atoms with Crippen LogP contribution in [0, 0.1) is 6.92 Å². The molecular formula is C20H25N3O2. The highest BCUT2D eigenvalue weighted by Gasteiger charge is 2.19. The topological polar surface area (TPSA) is 53.6 Å². The van der Waals surface area contributed by atoms with Crippen molar-refractivity contribution in [1.29, 1.82) is 0 Å². The molecule has 2 aromatic rings. The van der Waals surface area contributed by atoms with E-state index in [2.05, 4.69) is 15.5 Å². The third-order valence-electron chi connectivity index (χ3n) is 4.48. The van der Waals surface area contributed by atoms with Gasteiger partial charge in [-0.1, -0.05) is 12.1 Å². The fourth-order valence-corrected chi connectivity index (χ4v) is 3.14. The first-order valence-corrected chi connectivity index (χ1v) is 8.66. The molecule has 0 saturated carbocycles. The Balaban J connectivity index is 1.58. The molecule has 0 aliphatic carbocycles. The number of carbonyl (C=O) groups is 1. The molecule has 2 N–H and O–H groups in total. The molecule has 1 aliphatic rings. The van der Waals surface area contributed by atoms with Gasteiger partial charge in [-0.2, -0.15) is 0 Å². The molecule has 1 fully saturated rings. The van der Waals surface area contributed by atoms with E-state index in [1.165, 1.54) is 0 Å². The van der Waals surface area contributed by atoms with Gasteiger partial charge < -0.3 is 20.3 Å². The zero-order chi connectivity index (χ0) is 17.6. The van der Waals surface area contributed by atoms with Crippen LogP contribution < -0.4 is 15.5 Å². The normalized spacial score (nSPS) is 17.2. The van der Waals surface area contributed by atoms with E-state index in [4.69, 9.17) is 4.74 Å². The minimum atomic E-state index is -0.240. The summed E-state index contributed by atoms with van der Waals surface area (Å²) in [6, 6.07) is 15.4. The van der Waals surface area contributed by atoms with Gasteiger partial charge in [-0.05, 0) is 61.7 Å². The monoisotopic (exact) mass is 339 g/mol. The summed E-state index contributed by atoms with van der Waals surface area (Å²) in [5.41, 5.74) is 3.83. The highest BCUT2D eigenvalue weighted by atomic mass is 16.5. The lowest BCUT2D eigenvalue weighted by Crippen LogP contribution is -2.39. The molecular weight excluding hydrogens is 314 g/mol. The van der Waals surface area contributed by atoms with Gasteiger partial charge in [0.25, 0.3) is 0 Å². The number of amides is 2. The van der Waals surface area contributed by atoms with Gasteiger partial charge in [-0.25, -0.2) is 4.79 Å². The van der Waals surface area contributed by atoms with Gasteiger partial charge in [0, 0.05) is 37.3 Å². The Bertz CT molecular complexity index is 715. The molecule has 0 bridgehead atoms. The van der Waals surface area contributed by atoms with Crippen molar-refractivity contribution >= 4 is 23.1 Å². The van der Waals surface area contributed by atoms with Crippen molar-refractivity contribution in [1.82, 2.24) is 0 Å². The number of rotatable bonds is 4. The Morgan fingerprint density at radius 1 is 1.12 bits per heavy atom. The maximum Gasteiger partial charge on any atom is 0.323 e. The summed E-state index contributed by atoms with van der Waals surface area (Å²) in [6.45, 7) is 3.95. The number of benzene rings is 2. The van der Waals surface area contributed by atoms with Crippen LogP contribution in [0.3, 0.4) is 0 Å². The Morgan fingerprint density at radius 3 is 2.60 bits per heavy atom. The summed E-state index contributed by atoms with van der Waals surface area (Å²) in [5, 5.41) is 5.71. The number of piperidine rings is 1. The Kier molecular flexibility index (Phi) is 5.56. The fraction of sp³-hybridized carbons (Fsp3) is 0.350. The number of urea groups is 1. The highest BCUT2D eigenvalue weighted by Crippen LogP contribution is 2.23. The van der Waals surface area contributed by atoms with E-state index in [1.54, 1.807) is 7.11 Å². The average Bonchev–Trinajstić information content (AvgIpc) is 2.62. The van der Waals surface area contributed by atoms with E-state index in [0.29, 0.717) is 6.10 Å². The first kappa shape index (κ1) is 17.3. The number of hydrogen-bond acceptors (Lipinski definition) is 3. The first-order chi connectivity index (χ1) is 12.1. The Hall–Kier alpha value is -2.53. The minimum Gasteiger partial charge on any atom is -0.380 e. The van der Waals surface area contributed by atoms with E-state index >= 15 is 0 Å². The predicted molar refractivity (Wildman–Crippen MR) is 103 cm³/mol. The second kappa shape index (κ2) is 8.03. The zero-order valence-electron chi connectivity index (χ0n) is 14.8. The maximum atomic E-state index is 12.1. The summed E-state index contributed by atoms with van der Waals surface area (Å²) in [4.78, 5) is 14.4. The summed E-state index contributed by atoms with van der Waals surface area (Å²) < 4.78 is 5.48. The maximum absolute atomic E-state index is 12.1. The quantitative estimate of drug-likeness (QED) is 0.875. The second-order valence-corrected chi connectivity index (χ2v) is 6.44. The van der Waals surface area contributed by atoms with Crippen LogP contribution >= 0.6 is 0 Å². The SMILES string of the molecule is COC1CCCN(c2ccc(NC(=O)Nc3cccc(C)c3)cc2)C1. The number of aryl methyl sites for hydroxylation is 1. The van der Waals surface area contributed by atoms with E-state index in [9.17, 15) is 4.79 Å². The molecule has 0 spiro atoms. The van der Waals surface area contributed by atoms with Crippen LogP contribution in [0.5, 0.6) is 0 Å². The third-order valence-corrected chi connectivity index (χ3v) is 4.48. The molecule has 5 heteroatoms. The van der Waals surface area contributed by atoms with Gasteiger partial charge in [0.15, 0.2) is 0 Å². The summed E-state index contributed by atoms with van der Waals surface area (Å²) in [6.07, 6.45) is 2.55. The molecule has 0 aromatic heterocycles. The molecule has 2 amide bonds. The summed E-state index contributed by atoms with van der Waals surface area (Å²) in [7, 11) is 1.77. The van der Waals surface area contributed by atoms with Crippen molar-refractivity contribution in [3.05, 3.63) is 54.1 Å². The van der Waals surface area contributed by atoms with Crippen LogP contribution in [-0.2, 0) is 4.74 Å². The number of carbonyl (C=O) groups excluding carboxylic acids is 1. The largest absolute Gasteiger partial charge is 0.380 e. The van der Waals surface area contributed by atoms with Crippen molar-refractivity contribution in [3.63, 3.8) is 0 Å². The van der Waals surface area contributed by atoms with Crippen molar-refractivity contribution in [2.45, 2.75) is 25.9 Å². The van der Waals surface area contributed by atoms with Crippen molar-refractivity contribution in [2.75, 3.05) is 35.7 Å². The number of nitrogens with zero attached hydrogens (tertiary/aromatic N) is 1. The molecule has 2 aromatic carbocycles. The molecule has 132 valence electrons. The van der Waals surface area contributed by atoms with Crippen molar-refractivity contribution < 1.29 is 9.53 Å². The number of methoxy groups -OCH3 is 1. The van der Waals surface area contributed by atoms with E-state index < -0.39 is 0 Å². The molecule has 25 heavy (non-hydrogen) atoms. The lowest BCUT2D eigenvalue weighted by molar-refractivity contribution is 0.0893. The minimum absolute atomic E-state index is 0.240. The summed E-state index contributed by atoms with van der Waals surface area (Å²) in [5.74, 6) is 0. The molecule has 1 aliphatic heterocycles. The zero-order valence-corrected chi connectivity index (χ0v) is 14.8. The number of hydrogen-bond donors (Lipinski definition) is 2. The smallest absolute Gasteiger partial charge is 0.323 e. The molecule has 5 nitrogen and oxygen atoms in total. The highest BCUT2D eigenvalue weighted by molar-refractivity contribution is 5.99. The van der Waals surface area contributed by atoms with Crippen LogP contribution in [0.1, 0.15) is 18.4 Å². The molecule has 1 unspecified atom stereocenters. The molecule has 1 heterocycles. The van der Waals surface area contributed by atoms with Gasteiger partial charge >= 0.3 is 6.03 Å². The van der Waals surface area contributed by atoms with Gasteiger partial charge in [0.2, 0.25) is 0 Å². The van der Waals surface area contributed by atoms with Crippen molar-refractivity contribution in [2.24, 2.45) is 0 Å². The number of ether oxygens (including phenoxy) is 1. The number of anilines is 3. The van der Waals surface area contributed by atoms with E-state index in [-0.39, 0.29) is 6.03 Å². The standard InChI is InChI=1S/C20H25N3O2/c1-15-5-3-6-17(13-15)22-20(24)21-16-8-10-18(11-9-16)23-12-4-7-19(14-23)25-2/h3,5-6,8-11,13,19H,4,7,12,14H2,1-2H3,(H2,21,22,24). The second-order valence-electron chi connectivity index (χ2n) is 6.44. The van der Waals surface area contributed by atoms with Gasteiger partial charge in [-0.15, -0.1) is 0 Å². The van der Waals surface area contributed by atoms with Gasteiger partial charge in [-0.3, -0.25) is 0 Å². The molecule has 1 atom stereocenters. The van der Waals surface area contributed by atoms with Crippen LogP contribution in [0.4, 0.5) is 21.9 Å². The van der Waals surface area contributed by atoms with Crippen LogP contribution in [0.15, 0.2) is 48.5 Å². The fourth-order valence-electron chi connectivity index (χ4n) is 3.14. The van der Waals surface area contributed by atoms with E-state index in [0.717, 1.165) is 48.6 Å². The van der Waals surface area contributed by atoms with Crippen LogP contribution in [0.2, 0.25) is 0 Å². The molecule has 0 radical (unpaired) electrons. The van der Waals surface area contributed by atoms with E-state index in [1.807, 2.05) is 55.5 Å². The predicted octanol–water partition coefficient (Wildman–Crippen LogP) is 4.25. The number of nitrogens with one attached hydrogen (secondary N) is 2. The molecule has 1 saturated heterocycles. The Morgan fingerprint density at radius 2 is 1.88 bits per heavy atom. The Labute approximate surface area is 149 Å². The van der Waals surface area contributed by atoms with Crippen LogP contribution in [-0.4, -0.2) is 32.3 Å².